The molecule has 0 amide bonds. The van der Waals surface area contributed by atoms with Crippen molar-refractivity contribution in [3.8, 4) is 0 Å². The molecule has 5 rings (SSSR count). The van der Waals surface area contributed by atoms with E-state index in [1.165, 1.54) is 0 Å². The minimum atomic E-state index is -0.215. The Bertz CT molecular complexity index is 890. The Kier molecular flexibility index (Phi) is 3.56. The topological polar surface area (TPSA) is 64.8 Å². The number of nitrogens with zero attached hydrogens (tertiary/aromatic N) is 3. The number of carbonyl (C=O) groups excluding carboxylic acids is 2. The normalized spacial score (nSPS) is 45.4. The van der Waals surface area contributed by atoms with Gasteiger partial charge in [-0.05, 0) is 41.9 Å². The quantitative estimate of drug-likeness (QED) is 0.754. The molecule has 4 saturated carbocycles. The second-order valence-electron chi connectivity index (χ2n) is 11.2. The molecule has 0 spiro atoms. The maximum absolute atomic E-state index is 13.3. The van der Waals surface area contributed by atoms with Crippen molar-refractivity contribution in [2.45, 2.75) is 83.7 Å². The van der Waals surface area contributed by atoms with Gasteiger partial charge in [0.05, 0.1) is 5.25 Å². The molecule has 5 nitrogen and oxygen atoms in total. The molecular weight excluding hydrogens is 370 g/mol. The summed E-state index contributed by atoms with van der Waals surface area (Å²) in [7, 11) is 0. The molecule has 0 N–H and O–H groups in total. The first-order valence-corrected chi connectivity index (χ1v) is 11.5. The number of Topliss-reactive ketones (excluding diaryl/α,β-unsaturated/α-hetero) is 2. The fraction of sp³-hybridized carbons (Fsp3) is 0.818. The van der Waals surface area contributed by atoms with E-state index in [9.17, 15) is 9.59 Å². The smallest absolute Gasteiger partial charge is 0.192 e. The van der Waals surface area contributed by atoms with Crippen LogP contribution in [0.4, 0.5) is 0 Å². The fourth-order valence-electron chi connectivity index (χ4n) is 7.24. The molecule has 0 saturated heterocycles. The average Bonchev–Trinajstić information content (AvgIpc) is 3.27. The molecule has 0 unspecified atom stereocenters. The standard InChI is InChI=1S/C22H31N3O2S/c1-19(2)12-7-9-21(19,5)16(14(12)26)25-11-23-24-18(25)28-17-15(27)13-8-10-22(17,6)20(13,3)4/h11-13,16-17H,7-10H2,1-6H3/t12-,13+,16-,17+,21-,22+/m1/s1. The van der Waals surface area contributed by atoms with Gasteiger partial charge in [-0.1, -0.05) is 53.3 Å². The van der Waals surface area contributed by atoms with E-state index < -0.39 is 0 Å². The Balaban J connectivity index is 1.51. The third-order valence-electron chi connectivity index (χ3n) is 10.0. The van der Waals surface area contributed by atoms with E-state index in [-0.39, 0.29) is 44.8 Å². The highest BCUT2D eigenvalue weighted by Crippen LogP contribution is 2.69. The van der Waals surface area contributed by atoms with Gasteiger partial charge in [0, 0.05) is 17.3 Å². The zero-order valence-electron chi connectivity index (χ0n) is 17.8. The van der Waals surface area contributed by atoms with Crippen LogP contribution in [0.2, 0.25) is 0 Å². The highest BCUT2D eigenvalue weighted by Gasteiger charge is 2.68. The molecule has 0 radical (unpaired) electrons. The molecule has 4 fully saturated rings. The van der Waals surface area contributed by atoms with Gasteiger partial charge in [0.25, 0.3) is 0 Å². The van der Waals surface area contributed by atoms with Crippen LogP contribution in [-0.4, -0.2) is 31.6 Å². The first-order valence-electron chi connectivity index (χ1n) is 10.6. The summed E-state index contributed by atoms with van der Waals surface area (Å²) < 4.78 is 2.00. The Morgan fingerprint density at radius 3 is 2.04 bits per heavy atom. The maximum Gasteiger partial charge on any atom is 0.192 e. The maximum atomic E-state index is 13.3. The minimum absolute atomic E-state index is 0.0167. The van der Waals surface area contributed by atoms with Crippen LogP contribution >= 0.6 is 11.8 Å². The summed E-state index contributed by atoms with van der Waals surface area (Å²) in [5.74, 6) is 0.950. The molecule has 1 aromatic heterocycles. The summed E-state index contributed by atoms with van der Waals surface area (Å²) in [5.41, 5.74) is -0.119. The number of ketones is 2. The summed E-state index contributed by atoms with van der Waals surface area (Å²) in [4.78, 5) is 26.4. The van der Waals surface area contributed by atoms with Gasteiger partial charge < -0.3 is 0 Å². The lowest BCUT2D eigenvalue weighted by atomic mass is 9.69. The highest BCUT2D eigenvalue weighted by atomic mass is 32.2. The van der Waals surface area contributed by atoms with Crippen molar-refractivity contribution in [2.24, 2.45) is 33.5 Å². The van der Waals surface area contributed by atoms with Crippen LogP contribution in [0.25, 0.3) is 0 Å². The molecule has 1 heterocycles. The number of rotatable bonds is 3. The van der Waals surface area contributed by atoms with Crippen LogP contribution < -0.4 is 0 Å². The molecule has 6 heteroatoms. The number of thioether (sulfide) groups is 1. The van der Waals surface area contributed by atoms with Crippen LogP contribution in [0.3, 0.4) is 0 Å². The van der Waals surface area contributed by atoms with Gasteiger partial charge in [-0.25, -0.2) is 0 Å². The number of hydrogen-bond acceptors (Lipinski definition) is 5. The van der Waals surface area contributed by atoms with E-state index in [0.717, 1.165) is 30.8 Å². The van der Waals surface area contributed by atoms with Gasteiger partial charge >= 0.3 is 0 Å². The van der Waals surface area contributed by atoms with Crippen LogP contribution in [0.15, 0.2) is 11.5 Å². The van der Waals surface area contributed by atoms with Crippen molar-refractivity contribution < 1.29 is 9.59 Å². The molecule has 4 aliphatic carbocycles. The van der Waals surface area contributed by atoms with Gasteiger partial charge in [0.15, 0.2) is 10.9 Å². The Hall–Kier alpha value is -1.17. The molecule has 1 aromatic rings. The second kappa shape index (κ2) is 5.30. The van der Waals surface area contributed by atoms with Crippen LogP contribution in [0.1, 0.15) is 73.3 Å². The van der Waals surface area contributed by atoms with Gasteiger partial charge in [-0.3, -0.25) is 14.2 Å². The van der Waals surface area contributed by atoms with Crippen molar-refractivity contribution >= 4 is 23.3 Å². The molecule has 6 atom stereocenters. The van der Waals surface area contributed by atoms with Crippen molar-refractivity contribution in [2.75, 3.05) is 0 Å². The lowest BCUT2D eigenvalue weighted by molar-refractivity contribution is -0.126. The second-order valence-corrected chi connectivity index (χ2v) is 12.3. The number of fused-ring (bicyclic) bond motifs is 4. The van der Waals surface area contributed by atoms with Gasteiger partial charge in [-0.2, -0.15) is 0 Å². The third-order valence-corrected chi connectivity index (χ3v) is 11.5. The predicted molar refractivity (Wildman–Crippen MR) is 108 cm³/mol. The monoisotopic (exact) mass is 401 g/mol. The van der Waals surface area contributed by atoms with Gasteiger partial charge in [-0.15, -0.1) is 10.2 Å². The predicted octanol–water partition coefficient (Wildman–Crippen LogP) is 4.33. The number of carbonyl (C=O) groups is 2. The van der Waals surface area contributed by atoms with E-state index in [0.29, 0.717) is 11.6 Å². The lowest BCUT2D eigenvalue weighted by Crippen LogP contribution is -2.37. The lowest BCUT2D eigenvalue weighted by Gasteiger charge is -2.39. The van der Waals surface area contributed by atoms with Crippen molar-refractivity contribution in [3.63, 3.8) is 0 Å². The minimum Gasteiger partial charge on any atom is -0.298 e. The van der Waals surface area contributed by atoms with E-state index in [4.69, 9.17) is 0 Å². The van der Waals surface area contributed by atoms with E-state index in [2.05, 4.69) is 51.7 Å². The third kappa shape index (κ3) is 1.87. The molecular formula is C22H31N3O2S. The summed E-state index contributed by atoms with van der Waals surface area (Å²) in [6.45, 7) is 13.5. The van der Waals surface area contributed by atoms with Crippen LogP contribution in [0.5, 0.6) is 0 Å². The molecule has 152 valence electrons. The average molecular weight is 402 g/mol. The van der Waals surface area contributed by atoms with Crippen molar-refractivity contribution in [1.29, 1.82) is 0 Å². The molecule has 4 bridgehead atoms. The van der Waals surface area contributed by atoms with E-state index in [1.807, 2.05) is 4.57 Å². The molecule has 28 heavy (non-hydrogen) atoms. The fourth-order valence-corrected chi connectivity index (χ4v) is 8.78. The number of hydrogen-bond donors (Lipinski definition) is 0. The zero-order valence-corrected chi connectivity index (χ0v) is 18.6. The first kappa shape index (κ1) is 18.8. The Morgan fingerprint density at radius 2 is 1.50 bits per heavy atom. The van der Waals surface area contributed by atoms with Crippen LogP contribution in [-0.2, 0) is 9.59 Å². The van der Waals surface area contributed by atoms with Crippen molar-refractivity contribution in [1.82, 2.24) is 14.8 Å². The summed E-state index contributed by atoms with van der Waals surface area (Å²) in [6, 6.07) is -0.215. The molecule has 0 aromatic carbocycles. The summed E-state index contributed by atoms with van der Waals surface area (Å²) in [5, 5.41) is 9.21. The largest absolute Gasteiger partial charge is 0.298 e. The highest BCUT2D eigenvalue weighted by molar-refractivity contribution is 8.00. The summed E-state index contributed by atoms with van der Waals surface area (Å²) >= 11 is 1.56. The number of aromatic nitrogens is 3. The first-order chi connectivity index (χ1) is 13.0. The van der Waals surface area contributed by atoms with Gasteiger partial charge in [0.1, 0.15) is 18.2 Å². The van der Waals surface area contributed by atoms with Gasteiger partial charge in [0.2, 0.25) is 0 Å². The van der Waals surface area contributed by atoms with E-state index in [1.54, 1.807) is 18.1 Å². The molecule has 0 aliphatic heterocycles. The Morgan fingerprint density at radius 1 is 0.929 bits per heavy atom. The van der Waals surface area contributed by atoms with E-state index >= 15 is 0 Å². The molecule has 4 aliphatic rings. The zero-order chi connectivity index (χ0) is 20.3. The van der Waals surface area contributed by atoms with Crippen LogP contribution in [0, 0.1) is 33.5 Å². The Labute approximate surface area is 171 Å². The van der Waals surface area contributed by atoms with Crippen molar-refractivity contribution in [3.05, 3.63) is 6.33 Å². The summed E-state index contributed by atoms with van der Waals surface area (Å²) in [6.07, 6.45) is 5.84. The SMILES string of the molecule is CC1(C)[C@H]2CC[C@@]1(C)[C@@H](Sc1nncn1[C@@H]1C(=O)[C@H]3CC[C@@]1(C)C3(C)C)C2=O.